The van der Waals surface area contributed by atoms with E-state index in [1.54, 1.807) is 19.2 Å². The zero-order valence-electron chi connectivity index (χ0n) is 12.5. The normalized spacial score (nSPS) is 13.5. The van der Waals surface area contributed by atoms with Crippen LogP contribution in [0.1, 0.15) is 30.0 Å². The van der Waals surface area contributed by atoms with Crippen LogP contribution in [0.4, 0.5) is 10.5 Å². The lowest BCUT2D eigenvalue weighted by Crippen LogP contribution is -2.28. The molecule has 1 aliphatic carbocycles. The molecule has 1 aromatic carbocycles. The number of pyridine rings is 1. The lowest BCUT2D eigenvalue weighted by molar-refractivity contribution is 0.251. The molecule has 0 unspecified atom stereocenters. The predicted molar refractivity (Wildman–Crippen MR) is 85.1 cm³/mol. The number of para-hydroxylation sites is 2. The number of hydrogen-bond acceptors (Lipinski definition) is 3. The third kappa shape index (κ3) is 3.55. The van der Waals surface area contributed by atoms with Crippen LogP contribution in [-0.4, -0.2) is 18.1 Å². The Labute approximate surface area is 129 Å². The molecule has 0 spiro atoms. The number of hydrogen-bond donors (Lipinski definition) is 2. The van der Waals surface area contributed by atoms with Crippen LogP contribution in [0.15, 0.2) is 42.6 Å². The van der Waals surface area contributed by atoms with Crippen molar-refractivity contribution in [2.24, 2.45) is 0 Å². The van der Waals surface area contributed by atoms with Gasteiger partial charge in [-0.2, -0.15) is 0 Å². The van der Waals surface area contributed by atoms with Gasteiger partial charge in [0.05, 0.1) is 12.8 Å². The largest absolute Gasteiger partial charge is 0.495 e. The van der Waals surface area contributed by atoms with E-state index in [0.717, 1.165) is 11.3 Å². The first-order valence-electron chi connectivity index (χ1n) is 7.39. The molecule has 1 saturated carbocycles. The molecular formula is C17H19N3O2. The number of nitrogens with one attached hydrogen (secondary N) is 2. The fourth-order valence-electron chi connectivity index (χ4n) is 2.26. The molecule has 2 amide bonds. The average molecular weight is 297 g/mol. The van der Waals surface area contributed by atoms with Gasteiger partial charge in [-0.3, -0.25) is 4.98 Å². The number of anilines is 1. The zero-order chi connectivity index (χ0) is 15.4. The molecule has 2 N–H and O–H groups in total. The number of aromatic nitrogens is 1. The van der Waals surface area contributed by atoms with E-state index in [2.05, 4.69) is 15.6 Å². The van der Waals surface area contributed by atoms with Crippen LogP contribution in [0.2, 0.25) is 0 Å². The Morgan fingerprint density at radius 1 is 1.27 bits per heavy atom. The Morgan fingerprint density at radius 2 is 2.09 bits per heavy atom. The van der Waals surface area contributed by atoms with Gasteiger partial charge in [-0.1, -0.05) is 18.2 Å². The molecule has 0 atom stereocenters. The van der Waals surface area contributed by atoms with Crippen molar-refractivity contribution in [3.05, 3.63) is 53.9 Å². The monoisotopic (exact) mass is 297 g/mol. The molecule has 0 radical (unpaired) electrons. The Bertz CT molecular complexity index is 651. The summed E-state index contributed by atoms with van der Waals surface area (Å²) in [5.41, 5.74) is 2.78. The maximum absolute atomic E-state index is 11.9. The predicted octanol–water partition coefficient (Wildman–Crippen LogP) is 3.29. The minimum absolute atomic E-state index is 0.268. The molecule has 22 heavy (non-hydrogen) atoms. The van der Waals surface area contributed by atoms with Crippen LogP contribution < -0.4 is 15.4 Å². The highest BCUT2D eigenvalue weighted by Gasteiger charge is 2.24. The van der Waals surface area contributed by atoms with Gasteiger partial charge in [-0.25, -0.2) is 4.79 Å². The van der Waals surface area contributed by atoms with Gasteiger partial charge in [0.2, 0.25) is 0 Å². The Morgan fingerprint density at radius 3 is 2.77 bits per heavy atom. The summed E-state index contributed by atoms with van der Waals surface area (Å²) in [6.45, 7) is 0.443. The van der Waals surface area contributed by atoms with Gasteiger partial charge < -0.3 is 15.4 Å². The minimum atomic E-state index is -0.268. The molecule has 1 aliphatic rings. The summed E-state index contributed by atoms with van der Waals surface area (Å²) in [6, 6.07) is 11.1. The number of ether oxygens (including phenoxy) is 1. The van der Waals surface area contributed by atoms with E-state index in [-0.39, 0.29) is 6.03 Å². The maximum Gasteiger partial charge on any atom is 0.319 e. The van der Waals surface area contributed by atoms with Crippen molar-refractivity contribution in [3.8, 4) is 5.75 Å². The van der Waals surface area contributed by atoms with E-state index in [0.29, 0.717) is 23.9 Å². The first-order valence-corrected chi connectivity index (χ1v) is 7.39. The van der Waals surface area contributed by atoms with Crippen molar-refractivity contribution in [1.29, 1.82) is 0 Å². The summed E-state index contributed by atoms with van der Waals surface area (Å²) >= 11 is 0. The smallest absolute Gasteiger partial charge is 0.319 e. The van der Waals surface area contributed by atoms with Crippen LogP contribution in [0.5, 0.6) is 5.75 Å². The molecule has 1 aromatic heterocycles. The molecule has 114 valence electrons. The molecule has 2 aromatic rings. The van der Waals surface area contributed by atoms with Crippen molar-refractivity contribution in [2.75, 3.05) is 12.4 Å². The van der Waals surface area contributed by atoms with Gasteiger partial charge in [0.15, 0.2) is 0 Å². The van der Waals surface area contributed by atoms with E-state index in [4.69, 9.17) is 4.74 Å². The number of methoxy groups -OCH3 is 1. The number of carbonyl (C=O) groups is 1. The number of urea groups is 1. The summed E-state index contributed by atoms with van der Waals surface area (Å²) in [5, 5.41) is 5.59. The second-order valence-corrected chi connectivity index (χ2v) is 5.37. The van der Waals surface area contributed by atoms with Crippen LogP contribution in [0.25, 0.3) is 0 Å². The highest BCUT2D eigenvalue weighted by molar-refractivity contribution is 5.90. The fraction of sp³-hybridized carbons (Fsp3) is 0.294. The van der Waals surface area contributed by atoms with Crippen molar-refractivity contribution >= 4 is 11.7 Å². The molecule has 5 nitrogen and oxygen atoms in total. The molecule has 5 heteroatoms. The highest BCUT2D eigenvalue weighted by Crippen LogP contribution is 2.38. The number of benzene rings is 1. The van der Waals surface area contributed by atoms with E-state index < -0.39 is 0 Å². The molecular weight excluding hydrogens is 278 g/mol. The van der Waals surface area contributed by atoms with E-state index >= 15 is 0 Å². The fourth-order valence-corrected chi connectivity index (χ4v) is 2.26. The molecule has 1 fully saturated rings. The lowest BCUT2D eigenvalue weighted by Gasteiger charge is -2.11. The van der Waals surface area contributed by atoms with Crippen LogP contribution in [0.3, 0.4) is 0 Å². The van der Waals surface area contributed by atoms with Gasteiger partial charge in [0.1, 0.15) is 5.75 Å². The Kier molecular flexibility index (Phi) is 4.23. The zero-order valence-corrected chi connectivity index (χ0v) is 12.5. The average Bonchev–Trinajstić information content (AvgIpc) is 3.39. The summed E-state index contributed by atoms with van der Waals surface area (Å²) in [5.74, 6) is 1.28. The topological polar surface area (TPSA) is 63.2 Å². The minimum Gasteiger partial charge on any atom is -0.495 e. The van der Waals surface area contributed by atoms with Crippen molar-refractivity contribution < 1.29 is 9.53 Å². The van der Waals surface area contributed by atoms with E-state index in [1.165, 1.54) is 12.8 Å². The third-order valence-corrected chi connectivity index (χ3v) is 3.65. The number of nitrogens with zero attached hydrogens (tertiary/aromatic N) is 1. The standard InChI is InChI=1S/C17H19N3O2/c1-22-16-5-3-2-4-15(16)20-17(21)19-11-12-6-9-14(18-10-12)13-7-8-13/h2-6,9-10,13H,7-8,11H2,1H3,(H2,19,20,21). The molecule has 0 aliphatic heterocycles. The second-order valence-electron chi connectivity index (χ2n) is 5.37. The van der Waals surface area contributed by atoms with Gasteiger partial charge in [-0.05, 0) is 36.6 Å². The molecule has 1 heterocycles. The first kappa shape index (κ1) is 14.4. The second kappa shape index (κ2) is 6.47. The van der Waals surface area contributed by atoms with Crippen LogP contribution >= 0.6 is 0 Å². The van der Waals surface area contributed by atoms with Crippen LogP contribution in [0, 0.1) is 0 Å². The van der Waals surface area contributed by atoms with Gasteiger partial charge in [0, 0.05) is 24.4 Å². The van der Waals surface area contributed by atoms with E-state index in [9.17, 15) is 4.79 Å². The molecule has 3 rings (SSSR count). The van der Waals surface area contributed by atoms with E-state index in [1.807, 2.05) is 30.5 Å². The third-order valence-electron chi connectivity index (χ3n) is 3.65. The summed E-state index contributed by atoms with van der Waals surface area (Å²) in [4.78, 5) is 16.4. The summed E-state index contributed by atoms with van der Waals surface area (Å²) in [7, 11) is 1.57. The van der Waals surface area contributed by atoms with Gasteiger partial charge >= 0.3 is 6.03 Å². The van der Waals surface area contributed by atoms with Crippen LogP contribution in [-0.2, 0) is 6.54 Å². The molecule has 0 saturated heterocycles. The maximum atomic E-state index is 11.9. The lowest BCUT2D eigenvalue weighted by atomic mass is 10.2. The van der Waals surface area contributed by atoms with Gasteiger partial charge in [-0.15, -0.1) is 0 Å². The van der Waals surface area contributed by atoms with Gasteiger partial charge in [0.25, 0.3) is 0 Å². The van der Waals surface area contributed by atoms with Crippen molar-refractivity contribution in [2.45, 2.75) is 25.3 Å². The quantitative estimate of drug-likeness (QED) is 0.890. The number of carbonyl (C=O) groups excluding carboxylic acids is 1. The number of amides is 2. The Hall–Kier alpha value is -2.56. The SMILES string of the molecule is COc1ccccc1NC(=O)NCc1ccc(C2CC2)nc1. The Balaban J connectivity index is 1.53. The number of rotatable bonds is 5. The molecule has 0 bridgehead atoms. The summed E-state index contributed by atoms with van der Waals surface area (Å²) < 4.78 is 5.20. The van der Waals surface area contributed by atoms with Crippen molar-refractivity contribution in [1.82, 2.24) is 10.3 Å². The van der Waals surface area contributed by atoms with Crippen molar-refractivity contribution in [3.63, 3.8) is 0 Å². The first-order chi connectivity index (χ1) is 10.8. The summed E-state index contributed by atoms with van der Waals surface area (Å²) in [6.07, 6.45) is 4.31. The highest BCUT2D eigenvalue weighted by atomic mass is 16.5.